The number of nitrogens with zero attached hydrogens (tertiary/aromatic N) is 1. The number of carbonyl (C=O) groups excluding carboxylic acids is 1. The number of carbonyl (C=O) groups is 1. The molecule has 0 radical (unpaired) electrons. The quantitative estimate of drug-likeness (QED) is 0.294. The number of cyclic esters (lactones) is 1. The van der Waals surface area contributed by atoms with Gasteiger partial charge in [0.05, 0.1) is 35.4 Å². The summed E-state index contributed by atoms with van der Waals surface area (Å²) < 4.78 is 30.7. The Labute approximate surface area is 283 Å². The lowest BCUT2D eigenvalue weighted by molar-refractivity contribution is -0.296. The molecule has 3 fully saturated rings. The molecule has 0 bridgehead atoms. The summed E-state index contributed by atoms with van der Waals surface area (Å²) >= 11 is 0. The van der Waals surface area contributed by atoms with Gasteiger partial charge in [-0.1, -0.05) is 27.7 Å². The van der Waals surface area contributed by atoms with Crippen LogP contribution in [0.1, 0.15) is 101 Å². The van der Waals surface area contributed by atoms with Crippen molar-refractivity contribution in [2.24, 2.45) is 34.6 Å². The topological polar surface area (TPSA) is 148 Å². The molecule has 3 heterocycles. The van der Waals surface area contributed by atoms with Gasteiger partial charge in [0.1, 0.15) is 17.8 Å². The molecule has 0 aromatic rings. The van der Waals surface area contributed by atoms with Gasteiger partial charge in [-0.25, -0.2) is 0 Å². The number of methoxy groups -OCH3 is 2. The van der Waals surface area contributed by atoms with Crippen molar-refractivity contribution in [3.05, 3.63) is 0 Å². The van der Waals surface area contributed by atoms with Crippen LogP contribution in [0.15, 0.2) is 4.99 Å². The van der Waals surface area contributed by atoms with E-state index in [1.165, 1.54) is 0 Å². The van der Waals surface area contributed by atoms with Crippen molar-refractivity contribution in [1.82, 2.24) is 5.32 Å². The van der Waals surface area contributed by atoms with Gasteiger partial charge in [0.15, 0.2) is 6.29 Å². The number of ether oxygens (including phenoxy) is 5. The van der Waals surface area contributed by atoms with Crippen molar-refractivity contribution in [3.63, 3.8) is 0 Å². The van der Waals surface area contributed by atoms with Crippen LogP contribution in [-0.4, -0.2) is 114 Å². The monoisotopic (exact) mass is 670 g/mol. The Morgan fingerprint density at radius 1 is 0.979 bits per heavy atom. The van der Waals surface area contributed by atoms with Crippen LogP contribution in [0.3, 0.4) is 0 Å². The van der Waals surface area contributed by atoms with E-state index < -0.39 is 71.4 Å². The maximum Gasteiger partial charge on any atom is 0.311 e. The summed E-state index contributed by atoms with van der Waals surface area (Å²) in [5.74, 6) is -1.62. The molecular weight excluding hydrogens is 604 g/mol. The van der Waals surface area contributed by atoms with E-state index in [-0.39, 0.29) is 18.3 Å². The summed E-state index contributed by atoms with van der Waals surface area (Å²) in [5.41, 5.74) is -2.43. The van der Waals surface area contributed by atoms with Crippen molar-refractivity contribution >= 4 is 11.7 Å². The molecule has 3 aliphatic rings. The first-order valence-corrected chi connectivity index (χ1v) is 17.9. The van der Waals surface area contributed by atoms with Crippen LogP contribution in [0.5, 0.6) is 0 Å². The smallest absolute Gasteiger partial charge is 0.311 e. The summed E-state index contributed by atoms with van der Waals surface area (Å²) in [6.07, 6.45) is -1.03. The molecule has 4 N–H and O–H groups in total. The zero-order chi connectivity index (χ0) is 35.3. The minimum absolute atomic E-state index is 0.0714. The van der Waals surface area contributed by atoms with Crippen LogP contribution in [-0.2, 0) is 28.5 Å². The number of aliphatic hydroxyl groups excluding tert-OH is 2. The lowest BCUT2D eigenvalue weighted by Crippen LogP contribution is -2.58. The zero-order valence-corrected chi connectivity index (χ0v) is 31.0. The normalized spacial score (nSPS) is 47.3. The molecule has 11 nitrogen and oxygen atoms in total. The predicted molar refractivity (Wildman–Crippen MR) is 181 cm³/mol. The second-order valence-corrected chi connectivity index (χ2v) is 15.5. The fourth-order valence-electron chi connectivity index (χ4n) is 8.23. The molecule has 0 spiro atoms. The molecule has 11 heteroatoms. The van der Waals surface area contributed by atoms with Crippen molar-refractivity contribution < 1.29 is 43.8 Å². The van der Waals surface area contributed by atoms with Gasteiger partial charge >= 0.3 is 5.97 Å². The Morgan fingerprint density at radius 2 is 1.66 bits per heavy atom. The summed E-state index contributed by atoms with van der Waals surface area (Å²) in [6.45, 7) is 19.5. The molecule has 0 amide bonds. The lowest BCUT2D eigenvalue weighted by Gasteiger charge is -2.46. The molecule has 0 aliphatic carbocycles. The number of piperidine rings is 1. The standard InChI is InChI=1S/C36H66N2O9/c1-12-27-36(9,42)31(39)23(4)29(38-20-26-14-13-15-37-19-26)21(2)16-34(7,43-10)17-22(3)30(24(5)33(41)46-27)47-28-18-35(8,44-11)32(40)25(6)45-28/h21-28,30-32,37,39-40,42H,12-20H2,1-11H3/t21-,22-,23?,24?,25?,26?,27-,28+,30+,31?,32+,34-,35-,36-/m1/s1. The van der Waals surface area contributed by atoms with E-state index in [0.29, 0.717) is 31.7 Å². The minimum atomic E-state index is -1.74. The summed E-state index contributed by atoms with van der Waals surface area (Å²) in [5, 5.41) is 37.9. The largest absolute Gasteiger partial charge is 0.459 e. The van der Waals surface area contributed by atoms with Crippen LogP contribution in [0.4, 0.5) is 0 Å². The van der Waals surface area contributed by atoms with Crippen LogP contribution >= 0.6 is 0 Å². The Morgan fingerprint density at radius 3 is 2.23 bits per heavy atom. The van der Waals surface area contributed by atoms with E-state index in [4.69, 9.17) is 28.7 Å². The number of nitrogens with one attached hydrogen (secondary N) is 1. The third-order valence-electron chi connectivity index (χ3n) is 11.4. The lowest BCUT2D eigenvalue weighted by atomic mass is 9.74. The molecule has 3 aliphatic heterocycles. The van der Waals surface area contributed by atoms with E-state index in [9.17, 15) is 20.1 Å². The van der Waals surface area contributed by atoms with Crippen molar-refractivity contribution in [2.45, 2.75) is 154 Å². The molecule has 14 atom stereocenters. The number of rotatable bonds is 7. The van der Waals surface area contributed by atoms with Crippen molar-refractivity contribution in [3.8, 4) is 0 Å². The van der Waals surface area contributed by atoms with E-state index in [1.807, 2.05) is 27.7 Å². The molecule has 0 aromatic carbocycles. The first-order chi connectivity index (χ1) is 21.9. The van der Waals surface area contributed by atoms with E-state index in [2.05, 4.69) is 19.2 Å². The van der Waals surface area contributed by atoms with Gasteiger partial charge in [0.25, 0.3) is 0 Å². The van der Waals surface area contributed by atoms with Gasteiger partial charge in [0.2, 0.25) is 0 Å². The molecule has 0 saturated carbocycles. The maximum absolute atomic E-state index is 13.9. The molecule has 0 aromatic heterocycles. The average Bonchev–Trinajstić information content (AvgIpc) is 3.03. The fraction of sp³-hybridized carbons (Fsp3) is 0.944. The number of hydrogen-bond donors (Lipinski definition) is 4. The third-order valence-corrected chi connectivity index (χ3v) is 11.4. The molecule has 274 valence electrons. The van der Waals surface area contributed by atoms with E-state index >= 15 is 0 Å². The van der Waals surface area contributed by atoms with E-state index in [1.54, 1.807) is 35.0 Å². The molecular formula is C36H66N2O9. The van der Waals surface area contributed by atoms with Crippen LogP contribution < -0.4 is 5.32 Å². The second-order valence-electron chi connectivity index (χ2n) is 15.5. The van der Waals surface area contributed by atoms with Gasteiger partial charge in [-0.15, -0.1) is 0 Å². The molecule has 3 saturated heterocycles. The van der Waals surface area contributed by atoms with Gasteiger partial charge in [-0.2, -0.15) is 0 Å². The third kappa shape index (κ3) is 9.54. The summed E-state index contributed by atoms with van der Waals surface area (Å²) in [6, 6.07) is 0. The first-order valence-electron chi connectivity index (χ1n) is 17.9. The van der Waals surface area contributed by atoms with Gasteiger partial charge < -0.3 is 44.3 Å². The maximum atomic E-state index is 13.9. The highest BCUT2D eigenvalue weighted by atomic mass is 16.7. The van der Waals surface area contributed by atoms with Gasteiger partial charge in [-0.3, -0.25) is 9.79 Å². The zero-order valence-electron chi connectivity index (χ0n) is 31.0. The SMILES string of the molecule is CC[C@H]1OC(=O)C(C)[C@@H](O[C@H]2C[C@@](C)(OC)[C@@H](O)C(C)O2)[C@H](C)C[C@](C)(OC)C[C@@H](C)C(=NCC2CCCNC2)C(C)C(O)[C@]1(C)O. The van der Waals surface area contributed by atoms with Crippen molar-refractivity contribution in [2.75, 3.05) is 33.9 Å². The van der Waals surface area contributed by atoms with Crippen LogP contribution in [0, 0.1) is 29.6 Å². The first kappa shape index (κ1) is 40.3. The average molecular weight is 671 g/mol. The van der Waals surface area contributed by atoms with E-state index in [0.717, 1.165) is 31.6 Å². The summed E-state index contributed by atoms with van der Waals surface area (Å²) in [4.78, 5) is 19.0. The highest BCUT2D eigenvalue weighted by Gasteiger charge is 2.50. The number of hydrogen-bond acceptors (Lipinski definition) is 11. The Kier molecular flexibility index (Phi) is 14.3. The second kappa shape index (κ2) is 16.7. The van der Waals surface area contributed by atoms with Crippen molar-refractivity contribution in [1.29, 1.82) is 0 Å². The highest BCUT2D eigenvalue weighted by Crippen LogP contribution is 2.39. The Hall–Kier alpha value is -1.18. The fourth-order valence-corrected chi connectivity index (χ4v) is 8.23. The molecule has 47 heavy (non-hydrogen) atoms. The predicted octanol–water partition coefficient (Wildman–Crippen LogP) is 3.89. The van der Waals surface area contributed by atoms with Gasteiger partial charge in [0, 0.05) is 38.8 Å². The summed E-state index contributed by atoms with van der Waals surface area (Å²) in [7, 11) is 3.26. The number of esters is 1. The number of aliphatic imine (C=N–C) groups is 1. The highest BCUT2D eigenvalue weighted by molar-refractivity contribution is 5.89. The Balaban J connectivity index is 2.03. The Bertz CT molecular complexity index is 1040. The minimum Gasteiger partial charge on any atom is -0.459 e. The van der Waals surface area contributed by atoms with Crippen LogP contribution in [0.25, 0.3) is 0 Å². The molecule has 5 unspecified atom stereocenters. The van der Waals surface area contributed by atoms with Gasteiger partial charge in [-0.05, 0) is 97.6 Å². The molecule has 3 rings (SSSR count). The van der Waals surface area contributed by atoms with Crippen LogP contribution in [0.2, 0.25) is 0 Å². The number of aliphatic hydroxyl groups is 3.